The molecule has 7 nitrogen and oxygen atoms in total. The topological polar surface area (TPSA) is 106 Å². The van der Waals surface area contributed by atoms with Crippen LogP contribution in [0.4, 0.5) is 4.79 Å². The number of nitrogens with zero attached hydrogens (tertiary/aromatic N) is 1. The summed E-state index contributed by atoms with van der Waals surface area (Å²) in [6.45, 7) is 7.10. The molecule has 4 N–H and O–H groups in total. The van der Waals surface area contributed by atoms with E-state index in [0.29, 0.717) is 5.01 Å². The highest BCUT2D eigenvalue weighted by Crippen LogP contribution is 2.18. The number of ether oxygens (including phenoxy) is 1. The summed E-state index contributed by atoms with van der Waals surface area (Å²) in [4.78, 5) is 26.9. The van der Waals surface area contributed by atoms with Crippen LogP contribution in [-0.2, 0) is 4.74 Å². The first kappa shape index (κ1) is 15.4. The minimum Gasteiger partial charge on any atom is -0.444 e. The Kier molecular flexibility index (Phi) is 4.84. The molecule has 0 radical (unpaired) electrons. The van der Waals surface area contributed by atoms with E-state index in [2.05, 4.69) is 10.3 Å². The summed E-state index contributed by atoms with van der Waals surface area (Å²) < 4.78 is 5.13. The molecule has 19 heavy (non-hydrogen) atoms. The summed E-state index contributed by atoms with van der Waals surface area (Å²) in [6, 6.07) is -0.348. The molecule has 0 aliphatic rings. The highest BCUT2D eigenvalue weighted by atomic mass is 32.1. The van der Waals surface area contributed by atoms with Crippen molar-refractivity contribution >= 4 is 23.3 Å². The smallest absolute Gasteiger partial charge is 0.408 e. The largest absolute Gasteiger partial charge is 0.444 e. The molecule has 0 aliphatic heterocycles. The average molecular weight is 286 g/mol. The summed E-state index contributed by atoms with van der Waals surface area (Å²) in [6.07, 6.45) is -0.528. The third kappa shape index (κ3) is 4.84. The predicted octanol–water partition coefficient (Wildman–Crippen LogP) is 1.33. The average Bonchev–Trinajstić information content (AvgIpc) is 2.74. The Morgan fingerprint density at radius 3 is 2.63 bits per heavy atom. The van der Waals surface area contributed by atoms with E-state index >= 15 is 0 Å². The lowest BCUT2D eigenvalue weighted by Crippen LogP contribution is -2.34. The maximum Gasteiger partial charge on any atom is 0.408 e. The number of thiazole rings is 1. The van der Waals surface area contributed by atoms with Crippen LogP contribution in [0.3, 0.4) is 0 Å². The molecule has 1 atom stereocenters. The molecular weight excluding hydrogens is 268 g/mol. The van der Waals surface area contributed by atoms with Crippen LogP contribution in [0, 0.1) is 0 Å². The molecule has 1 aromatic heterocycles. The number of nitrogens with one attached hydrogen (secondary N) is 2. The normalized spacial score (nSPS) is 12.7. The Morgan fingerprint density at radius 2 is 2.11 bits per heavy atom. The van der Waals surface area contributed by atoms with Gasteiger partial charge in [0, 0.05) is 5.38 Å². The lowest BCUT2D eigenvalue weighted by Gasteiger charge is -2.21. The van der Waals surface area contributed by atoms with Crippen molar-refractivity contribution in [1.82, 2.24) is 15.7 Å². The molecule has 0 spiro atoms. The second-order valence-corrected chi connectivity index (χ2v) is 5.80. The van der Waals surface area contributed by atoms with Crippen LogP contribution in [0.2, 0.25) is 0 Å². The van der Waals surface area contributed by atoms with Gasteiger partial charge in [0.15, 0.2) is 0 Å². The third-order valence-corrected chi connectivity index (χ3v) is 3.02. The van der Waals surface area contributed by atoms with E-state index in [9.17, 15) is 9.59 Å². The van der Waals surface area contributed by atoms with Gasteiger partial charge in [-0.15, -0.1) is 11.3 Å². The van der Waals surface area contributed by atoms with Crippen molar-refractivity contribution in [2.75, 3.05) is 0 Å². The van der Waals surface area contributed by atoms with Gasteiger partial charge in [-0.1, -0.05) is 0 Å². The van der Waals surface area contributed by atoms with Crippen molar-refractivity contribution in [3.8, 4) is 0 Å². The molecule has 0 saturated heterocycles. The fraction of sp³-hybridized carbons (Fsp3) is 0.545. The first-order valence-corrected chi connectivity index (χ1v) is 6.57. The Labute approximate surface area is 115 Å². The molecule has 1 rings (SSSR count). The molecule has 0 aliphatic carbocycles. The molecule has 0 saturated carbocycles. The molecule has 106 valence electrons. The van der Waals surface area contributed by atoms with Crippen LogP contribution in [0.25, 0.3) is 0 Å². The van der Waals surface area contributed by atoms with Crippen LogP contribution in [0.5, 0.6) is 0 Å². The molecular formula is C11H18N4O3S. The molecule has 1 aromatic rings. The van der Waals surface area contributed by atoms with Gasteiger partial charge in [-0.05, 0) is 27.7 Å². The summed E-state index contributed by atoms with van der Waals surface area (Å²) in [5.41, 5.74) is 1.66. The Morgan fingerprint density at radius 1 is 1.47 bits per heavy atom. The van der Waals surface area contributed by atoms with Crippen molar-refractivity contribution < 1.29 is 14.3 Å². The van der Waals surface area contributed by atoms with E-state index in [-0.39, 0.29) is 11.7 Å². The highest BCUT2D eigenvalue weighted by molar-refractivity contribution is 7.09. The van der Waals surface area contributed by atoms with Gasteiger partial charge in [0.05, 0.1) is 6.04 Å². The number of aromatic nitrogens is 1. The second-order valence-electron chi connectivity index (χ2n) is 4.91. The molecule has 0 fully saturated rings. The number of nitrogens with two attached hydrogens (primary N) is 1. The van der Waals surface area contributed by atoms with Gasteiger partial charge in [-0.3, -0.25) is 10.2 Å². The van der Waals surface area contributed by atoms with Gasteiger partial charge in [-0.25, -0.2) is 15.6 Å². The number of alkyl carbamates (subject to hydrolysis) is 1. The number of carbonyl (C=O) groups is 2. The number of carbonyl (C=O) groups excluding carboxylic acids is 2. The standard InChI is InChI=1S/C11H18N4O3S/c1-6(13-10(17)18-11(2,3)4)9-14-7(5-19-9)8(16)15-12/h5-6H,12H2,1-4H3,(H,13,17)(H,15,16)/t6-/m0/s1. The molecule has 1 heterocycles. The fourth-order valence-electron chi connectivity index (χ4n) is 1.21. The van der Waals surface area contributed by atoms with Gasteiger partial charge < -0.3 is 10.1 Å². The number of hydrazine groups is 1. The van der Waals surface area contributed by atoms with Crippen molar-refractivity contribution in [1.29, 1.82) is 0 Å². The van der Waals surface area contributed by atoms with Crippen molar-refractivity contribution in [3.05, 3.63) is 16.1 Å². The molecule has 2 amide bonds. The Hall–Kier alpha value is -1.67. The minimum atomic E-state index is -0.558. The van der Waals surface area contributed by atoms with Crippen molar-refractivity contribution in [3.63, 3.8) is 0 Å². The van der Waals surface area contributed by atoms with E-state index in [4.69, 9.17) is 10.6 Å². The highest BCUT2D eigenvalue weighted by Gasteiger charge is 2.20. The van der Waals surface area contributed by atoms with Crippen LogP contribution in [0.1, 0.15) is 49.2 Å². The van der Waals surface area contributed by atoms with E-state index in [1.54, 1.807) is 33.1 Å². The first-order chi connectivity index (χ1) is 8.73. The summed E-state index contributed by atoms with van der Waals surface area (Å²) in [7, 11) is 0. The van der Waals surface area contributed by atoms with Gasteiger partial charge >= 0.3 is 6.09 Å². The fourth-order valence-corrected chi connectivity index (χ4v) is 2.02. The van der Waals surface area contributed by atoms with E-state index in [1.807, 2.05) is 5.43 Å². The third-order valence-electron chi connectivity index (χ3n) is 1.99. The number of rotatable bonds is 3. The molecule has 0 aromatic carbocycles. The lowest BCUT2D eigenvalue weighted by atomic mass is 10.2. The minimum absolute atomic E-state index is 0.223. The van der Waals surface area contributed by atoms with E-state index in [1.165, 1.54) is 11.3 Å². The van der Waals surface area contributed by atoms with Gasteiger partial charge in [0.2, 0.25) is 0 Å². The van der Waals surface area contributed by atoms with E-state index < -0.39 is 17.6 Å². The van der Waals surface area contributed by atoms with Crippen LogP contribution in [-0.4, -0.2) is 22.6 Å². The zero-order chi connectivity index (χ0) is 14.6. The SMILES string of the molecule is C[C@H](NC(=O)OC(C)(C)C)c1nc(C(=O)NN)cs1. The lowest BCUT2D eigenvalue weighted by molar-refractivity contribution is 0.0508. The van der Waals surface area contributed by atoms with Crippen molar-refractivity contribution in [2.24, 2.45) is 5.84 Å². The summed E-state index contributed by atoms with van der Waals surface area (Å²) in [5, 5.41) is 4.82. The van der Waals surface area contributed by atoms with Crippen LogP contribution < -0.4 is 16.6 Å². The zero-order valence-corrected chi connectivity index (χ0v) is 12.1. The van der Waals surface area contributed by atoms with Gasteiger partial charge in [0.25, 0.3) is 5.91 Å². The van der Waals surface area contributed by atoms with Crippen LogP contribution in [0.15, 0.2) is 5.38 Å². The number of nitrogen functional groups attached to an aromatic ring is 1. The molecule has 0 bridgehead atoms. The monoisotopic (exact) mass is 286 g/mol. The maximum atomic E-state index is 11.6. The van der Waals surface area contributed by atoms with E-state index in [0.717, 1.165) is 0 Å². The number of hydrogen-bond donors (Lipinski definition) is 3. The second kappa shape index (κ2) is 5.98. The zero-order valence-electron chi connectivity index (χ0n) is 11.3. The Balaban J connectivity index is 2.63. The maximum absolute atomic E-state index is 11.6. The number of amides is 2. The van der Waals surface area contributed by atoms with Gasteiger partial charge in [0.1, 0.15) is 16.3 Å². The summed E-state index contributed by atoms with van der Waals surface area (Å²) >= 11 is 1.26. The quantitative estimate of drug-likeness (QED) is 0.441. The van der Waals surface area contributed by atoms with Crippen molar-refractivity contribution in [2.45, 2.75) is 39.3 Å². The summed E-state index contributed by atoms with van der Waals surface area (Å²) in [5.74, 6) is 4.55. The molecule has 0 unspecified atom stereocenters. The van der Waals surface area contributed by atoms with Gasteiger partial charge in [-0.2, -0.15) is 0 Å². The first-order valence-electron chi connectivity index (χ1n) is 5.69. The predicted molar refractivity (Wildman–Crippen MR) is 71.6 cm³/mol. The Bertz CT molecular complexity index is 467. The number of hydrogen-bond acceptors (Lipinski definition) is 6. The van der Waals surface area contributed by atoms with Crippen LogP contribution >= 0.6 is 11.3 Å². The molecule has 8 heteroatoms.